The second kappa shape index (κ2) is 7.47. The van der Waals surface area contributed by atoms with E-state index >= 15 is 0 Å². The van der Waals surface area contributed by atoms with Crippen molar-refractivity contribution < 1.29 is 20.2 Å². The number of phenols is 1. The van der Waals surface area contributed by atoms with Crippen LogP contribution in [0.3, 0.4) is 0 Å². The van der Waals surface area contributed by atoms with Crippen molar-refractivity contribution in [3.8, 4) is 5.75 Å². The maximum absolute atomic E-state index is 10.6. The van der Waals surface area contributed by atoms with Crippen LogP contribution in [0.2, 0.25) is 0 Å². The van der Waals surface area contributed by atoms with Gasteiger partial charge in [-0.2, -0.15) is 0 Å². The molecule has 98 valence electrons. The number of aromatic hydroxyl groups is 1. The number of amides is 1. The first-order valence-corrected chi connectivity index (χ1v) is 5.71. The predicted octanol–water partition coefficient (Wildman–Crippen LogP) is 1.66. The van der Waals surface area contributed by atoms with Gasteiger partial charge in [0.05, 0.1) is 6.10 Å². The van der Waals surface area contributed by atoms with Gasteiger partial charge in [0.25, 0.3) is 5.91 Å². The molecule has 0 heterocycles. The summed E-state index contributed by atoms with van der Waals surface area (Å²) in [6.45, 7) is 0. The number of phenolic OH excluding ortho intramolecular Hbond substituents is 1. The zero-order chi connectivity index (χ0) is 13.4. The summed E-state index contributed by atoms with van der Waals surface area (Å²) in [5, 5.41) is 27.2. The minimum atomic E-state index is -0.578. The Morgan fingerprint density at radius 2 is 2.00 bits per heavy atom. The van der Waals surface area contributed by atoms with Gasteiger partial charge in [0, 0.05) is 6.08 Å². The molecule has 1 atom stereocenters. The number of aliphatic hydroxyl groups excluding tert-OH is 1. The normalized spacial score (nSPS) is 12.6. The zero-order valence-corrected chi connectivity index (χ0v) is 9.91. The van der Waals surface area contributed by atoms with E-state index in [-0.39, 0.29) is 5.75 Å². The predicted molar refractivity (Wildman–Crippen MR) is 66.0 cm³/mol. The van der Waals surface area contributed by atoms with Gasteiger partial charge in [-0.25, -0.2) is 5.48 Å². The molecule has 18 heavy (non-hydrogen) atoms. The number of carbonyl (C=O) groups excluding carboxylic acids is 1. The molecule has 0 aliphatic rings. The summed E-state index contributed by atoms with van der Waals surface area (Å²) in [7, 11) is 0. The van der Waals surface area contributed by atoms with Gasteiger partial charge < -0.3 is 10.2 Å². The highest BCUT2D eigenvalue weighted by Crippen LogP contribution is 2.21. The summed E-state index contributed by atoms with van der Waals surface area (Å²) in [6, 6.07) is 6.41. The second-order valence-electron chi connectivity index (χ2n) is 3.92. The van der Waals surface area contributed by atoms with E-state index in [0.29, 0.717) is 12.8 Å². The third kappa shape index (κ3) is 4.99. The molecule has 1 aromatic rings. The number of carbonyl (C=O) groups is 1. The number of hydrogen-bond acceptors (Lipinski definition) is 4. The molecule has 5 nitrogen and oxygen atoms in total. The molecule has 0 fully saturated rings. The van der Waals surface area contributed by atoms with Crippen molar-refractivity contribution in [3.63, 3.8) is 0 Å². The standard InChI is InChI=1S/C13H17NO4/c15-11-8-6-10(7-9-11)12(16)4-2-1-3-5-13(17)14-18/h3,5-9,12,15-16,18H,1-2,4H2,(H,14,17)/b5-3+/t12-/m1/s1. The number of unbranched alkanes of at least 4 members (excludes halogenated alkanes) is 1. The maximum Gasteiger partial charge on any atom is 0.267 e. The number of benzene rings is 1. The Morgan fingerprint density at radius 3 is 2.61 bits per heavy atom. The number of hydrogen-bond donors (Lipinski definition) is 4. The maximum atomic E-state index is 10.6. The Kier molecular flexibility index (Phi) is 5.90. The molecule has 0 spiro atoms. The molecule has 0 aliphatic carbocycles. The molecular formula is C13H17NO4. The first-order chi connectivity index (χ1) is 8.63. The smallest absolute Gasteiger partial charge is 0.267 e. The number of allylic oxidation sites excluding steroid dienone is 1. The van der Waals surface area contributed by atoms with E-state index in [9.17, 15) is 9.90 Å². The van der Waals surface area contributed by atoms with Crippen LogP contribution in [-0.2, 0) is 4.79 Å². The highest BCUT2D eigenvalue weighted by atomic mass is 16.5. The summed E-state index contributed by atoms with van der Waals surface area (Å²) in [4.78, 5) is 10.6. The summed E-state index contributed by atoms with van der Waals surface area (Å²) >= 11 is 0. The third-order valence-electron chi connectivity index (χ3n) is 2.51. The SMILES string of the molecule is O=C(/C=C/CCC[C@@H](O)c1ccc(O)cc1)NO. The highest BCUT2D eigenvalue weighted by molar-refractivity contribution is 5.86. The molecule has 1 aromatic carbocycles. The average molecular weight is 251 g/mol. The molecule has 0 radical (unpaired) electrons. The Bertz CT molecular complexity index is 400. The van der Waals surface area contributed by atoms with Crippen molar-refractivity contribution >= 4 is 5.91 Å². The number of aliphatic hydroxyl groups is 1. The summed E-state index contributed by atoms with van der Waals surface area (Å²) in [5.74, 6) is -0.391. The van der Waals surface area contributed by atoms with E-state index in [0.717, 1.165) is 12.0 Å². The molecule has 1 rings (SSSR count). The molecule has 0 aliphatic heterocycles. The summed E-state index contributed by atoms with van der Waals surface area (Å²) in [6.07, 6.45) is 4.23. The Balaban J connectivity index is 2.29. The van der Waals surface area contributed by atoms with Gasteiger partial charge in [0.15, 0.2) is 0 Å². The first kappa shape index (κ1) is 14.2. The molecule has 5 heteroatoms. The van der Waals surface area contributed by atoms with Crippen LogP contribution >= 0.6 is 0 Å². The highest BCUT2D eigenvalue weighted by Gasteiger charge is 2.06. The lowest BCUT2D eigenvalue weighted by atomic mass is 10.0. The lowest BCUT2D eigenvalue weighted by molar-refractivity contribution is -0.124. The lowest BCUT2D eigenvalue weighted by Crippen LogP contribution is -2.14. The third-order valence-corrected chi connectivity index (χ3v) is 2.51. The van der Waals surface area contributed by atoms with E-state index in [1.165, 1.54) is 23.7 Å². The first-order valence-electron chi connectivity index (χ1n) is 5.71. The second-order valence-corrected chi connectivity index (χ2v) is 3.92. The van der Waals surface area contributed by atoms with Crippen LogP contribution in [0.1, 0.15) is 30.9 Å². The number of hydroxylamine groups is 1. The fourth-order valence-corrected chi connectivity index (χ4v) is 1.52. The fraction of sp³-hybridized carbons (Fsp3) is 0.308. The monoisotopic (exact) mass is 251 g/mol. The molecular weight excluding hydrogens is 234 g/mol. The van der Waals surface area contributed by atoms with Gasteiger partial charge in [-0.3, -0.25) is 10.0 Å². The molecule has 1 amide bonds. The van der Waals surface area contributed by atoms with E-state index in [1.807, 2.05) is 0 Å². The van der Waals surface area contributed by atoms with Gasteiger partial charge in [0.1, 0.15) is 5.75 Å². The van der Waals surface area contributed by atoms with Crippen molar-refractivity contribution in [3.05, 3.63) is 42.0 Å². The van der Waals surface area contributed by atoms with Crippen molar-refractivity contribution in [2.24, 2.45) is 0 Å². The van der Waals surface area contributed by atoms with E-state index < -0.39 is 12.0 Å². The van der Waals surface area contributed by atoms with Crippen molar-refractivity contribution in [1.29, 1.82) is 0 Å². The van der Waals surface area contributed by atoms with E-state index in [1.54, 1.807) is 18.2 Å². The van der Waals surface area contributed by atoms with Gasteiger partial charge in [0.2, 0.25) is 0 Å². The van der Waals surface area contributed by atoms with Crippen LogP contribution in [0.25, 0.3) is 0 Å². The van der Waals surface area contributed by atoms with Crippen molar-refractivity contribution in [1.82, 2.24) is 5.48 Å². The van der Waals surface area contributed by atoms with Crippen LogP contribution in [0.4, 0.5) is 0 Å². The minimum Gasteiger partial charge on any atom is -0.508 e. The van der Waals surface area contributed by atoms with Crippen LogP contribution in [-0.4, -0.2) is 21.3 Å². The summed E-state index contributed by atoms with van der Waals surface area (Å²) in [5.41, 5.74) is 2.25. The van der Waals surface area contributed by atoms with Crippen LogP contribution in [0.5, 0.6) is 5.75 Å². The van der Waals surface area contributed by atoms with Gasteiger partial charge in [-0.15, -0.1) is 0 Å². The molecule has 0 bridgehead atoms. The Labute approximate surface area is 105 Å². The molecule has 0 saturated carbocycles. The van der Waals surface area contributed by atoms with Gasteiger partial charge >= 0.3 is 0 Å². The van der Waals surface area contributed by atoms with Gasteiger partial charge in [-0.05, 0) is 37.0 Å². The largest absolute Gasteiger partial charge is 0.508 e. The van der Waals surface area contributed by atoms with Crippen molar-refractivity contribution in [2.45, 2.75) is 25.4 Å². The van der Waals surface area contributed by atoms with Crippen LogP contribution < -0.4 is 5.48 Å². The topological polar surface area (TPSA) is 89.8 Å². The minimum absolute atomic E-state index is 0.170. The molecule has 0 unspecified atom stereocenters. The molecule has 0 aromatic heterocycles. The Morgan fingerprint density at radius 1 is 1.33 bits per heavy atom. The number of rotatable bonds is 6. The van der Waals surface area contributed by atoms with Crippen LogP contribution in [0, 0.1) is 0 Å². The van der Waals surface area contributed by atoms with Crippen LogP contribution in [0.15, 0.2) is 36.4 Å². The number of nitrogens with one attached hydrogen (secondary N) is 1. The summed E-state index contributed by atoms with van der Waals surface area (Å²) < 4.78 is 0. The van der Waals surface area contributed by atoms with Crippen molar-refractivity contribution in [2.75, 3.05) is 0 Å². The average Bonchev–Trinajstić information content (AvgIpc) is 2.38. The molecule has 4 N–H and O–H groups in total. The Hall–Kier alpha value is -1.85. The van der Waals surface area contributed by atoms with E-state index in [2.05, 4.69) is 0 Å². The van der Waals surface area contributed by atoms with Gasteiger partial charge in [-0.1, -0.05) is 18.2 Å². The zero-order valence-electron chi connectivity index (χ0n) is 9.91. The lowest BCUT2D eigenvalue weighted by Gasteiger charge is -2.09. The van der Waals surface area contributed by atoms with E-state index in [4.69, 9.17) is 10.3 Å². The fourth-order valence-electron chi connectivity index (χ4n) is 1.52. The quantitative estimate of drug-likeness (QED) is 0.268. The molecule has 0 saturated heterocycles.